The van der Waals surface area contributed by atoms with Gasteiger partial charge >= 0.3 is 0 Å². The molecule has 13 aliphatic rings. The standard InChI is InChI=1S/C54H74N2O12/c1-25-30-16-43-52(65-43)37-12-10-28-14-34-36(19-47(28,7)50(37,62)22-39(59)49(30,52)24-64-53(25)40(60)20-44(3,4)67-53)56-33-13-27-9-11-29-31(46(27,6)18-35(33)55-34)15-38(58)48(8)32(29)17-42-51(48,63)26(2)54(66-42)41(61)21-45(5,23-57)68-54/h17,25-32,37-38,40-41,43,57-58,60-63H,9-16,18-24H2,1-8H3. The first kappa shape index (κ1) is 44.6. The van der Waals surface area contributed by atoms with Crippen molar-refractivity contribution < 1.29 is 59.1 Å². The van der Waals surface area contributed by atoms with E-state index in [1.165, 1.54) is 0 Å². The molecule has 8 aliphatic carbocycles. The topological polar surface area (TPSA) is 214 Å². The van der Waals surface area contributed by atoms with Crippen molar-refractivity contribution in [1.82, 2.24) is 9.97 Å². The Kier molecular flexibility index (Phi) is 8.39. The Balaban J connectivity index is 0.744. The molecule has 1 aromatic heterocycles. The molecule has 14 nitrogen and oxygen atoms in total. The minimum Gasteiger partial charge on any atom is -0.461 e. The molecule has 14 heteroatoms. The molecule has 0 amide bonds. The normalized spacial score (nSPS) is 60.3. The number of allylic oxidation sites excluding steroid dienone is 1. The van der Waals surface area contributed by atoms with Crippen LogP contribution in [0.5, 0.6) is 0 Å². The Hall–Kier alpha value is -2.11. The number of carbonyl (C=O) groups excluding carboxylic acids is 1. The number of rotatable bonds is 1. The van der Waals surface area contributed by atoms with Gasteiger partial charge in [0.1, 0.15) is 35.0 Å². The molecule has 6 heterocycles. The van der Waals surface area contributed by atoms with E-state index in [1.807, 2.05) is 27.7 Å². The molecule has 14 rings (SSSR count). The number of ketones is 1. The summed E-state index contributed by atoms with van der Waals surface area (Å²) in [6.07, 6.45) is 7.53. The van der Waals surface area contributed by atoms with Gasteiger partial charge in [-0.2, -0.15) is 0 Å². The van der Waals surface area contributed by atoms with Crippen LogP contribution in [0.2, 0.25) is 0 Å². The summed E-state index contributed by atoms with van der Waals surface area (Å²) in [5, 5.41) is 71.8. The first-order chi connectivity index (χ1) is 31.9. The van der Waals surface area contributed by atoms with E-state index in [2.05, 4.69) is 26.8 Å². The number of carbonyl (C=O) groups is 1. The van der Waals surface area contributed by atoms with Crippen molar-refractivity contribution in [3.8, 4) is 0 Å². The van der Waals surface area contributed by atoms with Crippen LogP contribution in [-0.2, 0) is 54.2 Å². The summed E-state index contributed by atoms with van der Waals surface area (Å²) in [4.78, 5) is 26.2. The monoisotopic (exact) mass is 943 g/mol. The first-order valence-electron chi connectivity index (χ1n) is 26.5. The second-order valence-electron chi connectivity index (χ2n) is 27.0. The van der Waals surface area contributed by atoms with Crippen LogP contribution in [0.1, 0.15) is 136 Å². The lowest BCUT2D eigenvalue weighted by Gasteiger charge is -2.65. The molecule has 5 aliphatic heterocycles. The minimum atomic E-state index is -1.57. The lowest BCUT2D eigenvalue weighted by Crippen LogP contribution is -2.75. The number of fused-ring (bicyclic) bond motifs is 12. The Morgan fingerprint density at radius 1 is 0.765 bits per heavy atom. The van der Waals surface area contributed by atoms with Crippen molar-refractivity contribution in [2.75, 3.05) is 13.2 Å². The molecule has 5 saturated heterocycles. The Labute approximate surface area is 399 Å². The van der Waals surface area contributed by atoms with E-state index < -0.39 is 80.1 Å². The van der Waals surface area contributed by atoms with Crippen LogP contribution in [-0.4, -0.2) is 124 Å². The van der Waals surface area contributed by atoms with Crippen molar-refractivity contribution in [1.29, 1.82) is 0 Å². The quantitative estimate of drug-likeness (QED) is 0.220. The first-order valence-corrected chi connectivity index (χ1v) is 26.5. The molecule has 0 aromatic carbocycles. The molecule has 6 N–H and O–H groups in total. The number of hydrogen-bond acceptors (Lipinski definition) is 14. The van der Waals surface area contributed by atoms with Gasteiger partial charge in [0.15, 0.2) is 5.79 Å². The van der Waals surface area contributed by atoms with E-state index in [1.54, 1.807) is 6.92 Å². The van der Waals surface area contributed by atoms with E-state index >= 15 is 4.79 Å². The van der Waals surface area contributed by atoms with Gasteiger partial charge in [0.2, 0.25) is 5.79 Å². The fraction of sp³-hybridized carbons (Fsp3) is 0.870. The van der Waals surface area contributed by atoms with Crippen molar-refractivity contribution in [3.05, 3.63) is 34.6 Å². The SMILES string of the molecule is CC1C2CC3OC34C3CCC5Cc6nc7c(nc6CC5(C)C3(O)CC(=O)C24COC12OC(C)(C)CC2O)CC1CCC2C(CC(O)C3(C)C2C=C2OC4(OC(C)(CO)CC4O)C(C)C23O)C1(C)C7. The molecule has 1 aromatic rings. The largest absolute Gasteiger partial charge is 0.461 e. The van der Waals surface area contributed by atoms with Crippen LogP contribution in [0.4, 0.5) is 0 Å². The van der Waals surface area contributed by atoms with Crippen molar-refractivity contribution >= 4 is 5.78 Å². The van der Waals surface area contributed by atoms with Crippen LogP contribution in [0.3, 0.4) is 0 Å². The van der Waals surface area contributed by atoms with E-state index in [-0.39, 0.29) is 84.8 Å². The second kappa shape index (κ2) is 12.8. The van der Waals surface area contributed by atoms with E-state index in [0.717, 1.165) is 61.3 Å². The molecular weight excluding hydrogens is 869 g/mol. The molecule has 10 fully saturated rings. The molecule has 4 spiro atoms. The lowest BCUT2D eigenvalue weighted by molar-refractivity contribution is -0.351. The van der Waals surface area contributed by atoms with Gasteiger partial charge in [-0.15, -0.1) is 0 Å². The Bertz CT molecular complexity index is 2490. The molecular formula is C54H74N2O12. The fourth-order valence-electron chi connectivity index (χ4n) is 20.5. The lowest BCUT2D eigenvalue weighted by atomic mass is 9.41. The zero-order valence-electron chi connectivity index (χ0n) is 41.2. The van der Waals surface area contributed by atoms with E-state index in [4.69, 9.17) is 33.7 Å². The predicted octanol–water partition coefficient (Wildman–Crippen LogP) is 4.04. The number of aromatic nitrogens is 2. The second-order valence-corrected chi connectivity index (χ2v) is 27.0. The summed E-state index contributed by atoms with van der Waals surface area (Å²) in [5.74, 6) is -2.83. The van der Waals surface area contributed by atoms with Gasteiger partial charge in [0, 0.05) is 41.9 Å². The number of epoxide rings is 1. The van der Waals surface area contributed by atoms with Gasteiger partial charge in [0.25, 0.3) is 0 Å². The van der Waals surface area contributed by atoms with Gasteiger partial charge in [-0.05, 0) is 132 Å². The summed E-state index contributed by atoms with van der Waals surface area (Å²) < 4.78 is 33.0. The van der Waals surface area contributed by atoms with Gasteiger partial charge in [-0.25, -0.2) is 0 Å². The van der Waals surface area contributed by atoms with Crippen LogP contribution < -0.4 is 0 Å². The van der Waals surface area contributed by atoms with Crippen LogP contribution >= 0.6 is 0 Å². The summed E-state index contributed by atoms with van der Waals surface area (Å²) in [6, 6.07) is 0. The third kappa shape index (κ3) is 4.62. The molecule has 0 bridgehead atoms. The maximum Gasteiger partial charge on any atom is 0.242 e. The van der Waals surface area contributed by atoms with Gasteiger partial charge in [-0.1, -0.05) is 34.6 Å². The number of ether oxygens (including phenoxy) is 5. The van der Waals surface area contributed by atoms with Crippen LogP contribution in [0.25, 0.3) is 0 Å². The van der Waals surface area contributed by atoms with Crippen LogP contribution in [0.15, 0.2) is 11.8 Å². The summed E-state index contributed by atoms with van der Waals surface area (Å²) >= 11 is 0. The smallest absolute Gasteiger partial charge is 0.242 e. The summed E-state index contributed by atoms with van der Waals surface area (Å²) in [7, 11) is 0. The van der Waals surface area contributed by atoms with Gasteiger partial charge < -0.3 is 54.3 Å². The highest BCUT2D eigenvalue weighted by atomic mass is 16.7. The average molecular weight is 943 g/mol. The summed E-state index contributed by atoms with van der Waals surface area (Å²) in [6.45, 7) is 16.1. The average Bonchev–Trinajstić information content (AvgIpc) is 3.40. The Morgan fingerprint density at radius 2 is 1.46 bits per heavy atom. The number of hydrogen-bond donors (Lipinski definition) is 6. The zero-order chi connectivity index (χ0) is 47.7. The zero-order valence-corrected chi connectivity index (χ0v) is 41.2. The molecule has 23 atom stereocenters. The fourth-order valence-corrected chi connectivity index (χ4v) is 20.5. The minimum absolute atomic E-state index is 0.0336. The molecule has 0 radical (unpaired) electrons. The van der Waals surface area contributed by atoms with Crippen LogP contribution in [0, 0.1) is 74.9 Å². The van der Waals surface area contributed by atoms with Gasteiger partial charge in [0.05, 0.1) is 76.3 Å². The number of aliphatic hydroxyl groups excluding tert-OH is 4. The molecule has 372 valence electrons. The maximum atomic E-state index is 15.2. The highest BCUT2D eigenvalue weighted by Crippen LogP contribution is 2.79. The number of Topliss-reactive ketones (excluding diaryl/α,β-unsaturated/α-hetero) is 1. The van der Waals surface area contributed by atoms with Crippen molar-refractivity contribution in [3.63, 3.8) is 0 Å². The van der Waals surface area contributed by atoms with Crippen molar-refractivity contribution in [2.24, 2.45) is 74.9 Å². The van der Waals surface area contributed by atoms with Gasteiger partial charge in [-0.3, -0.25) is 14.8 Å². The highest BCUT2D eigenvalue weighted by molar-refractivity contribution is 5.91. The van der Waals surface area contributed by atoms with E-state index in [9.17, 15) is 30.6 Å². The Morgan fingerprint density at radius 3 is 2.15 bits per heavy atom. The number of aliphatic hydroxyl groups is 6. The number of nitrogens with zero attached hydrogens (tertiary/aromatic N) is 2. The summed E-state index contributed by atoms with van der Waals surface area (Å²) in [5.41, 5.74) is -3.78. The maximum absolute atomic E-state index is 15.2. The molecule has 5 saturated carbocycles. The third-order valence-corrected chi connectivity index (χ3v) is 24.1. The predicted molar refractivity (Wildman–Crippen MR) is 241 cm³/mol. The molecule has 23 unspecified atom stereocenters. The molecule has 68 heavy (non-hydrogen) atoms. The highest BCUT2D eigenvalue weighted by Gasteiger charge is 2.90. The third-order valence-electron chi connectivity index (χ3n) is 24.1. The van der Waals surface area contributed by atoms with E-state index in [0.29, 0.717) is 43.8 Å². The van der Waals surface area contributed by atoms with Crippen molar-refractivity contribution in [2.45, 2.75) is 203 Å².